The van der Waals surface area contributed by atoms with E-state index in [0.29, 0.717) is 28.9 Å². The molecule has 1 N–H and O–H groups in total. The second-order valence-corrected chi connectivity index (χ2v) is 6.65. The van der Waals surface area contributed by atoms with Crippen LogP contribution in [-0.2, 0) is 6.54 Å². The lowest BCUT2D eigenvalue weighted by Crippen LogP contribution is -2.21. The average molecular weight is 358 g/mol. The normalized spacial score (nSPS) is 10.9. The predicted octanol–water partition coefficient (Wildman–Crippen LogP) is 3.32. The van der Waals surface area contributed by atoms with Gasteiger partial charge in [0.1, 0.15) is 15.5 Å². The number of thiophene rings is 1. The summed E-state index contributed by atoms with van der Waals surface area (Å²) in [5.41, 5.74) is 0.307. The third kappa shape index (κ3) is 3.71. The van der Waals surface area contributed by atoms with Crippen LogP contribution in [0.25, 0.3) is 10.2 Å². The number of para-hydroxylation sites is 1. The number of rotatable bonds is 7. The van der Waals surface area contributed by atoms with Gasteiger partial charge in [0.2, 0.25) is 0 Å². The van der Waals surface area contributed by atoms with Gasteiger partial charge in [-0.1, -0.05) is 18.2 Å². The zero-order chi connectivity index (χ0) is 17.8. The van der Waals surface area contributed by atoms with Crippen LogP contribution >= 0.6 is 11.3 Å². The van der Waals surface area contributed by atoms with Crippen molar-refractivity contribution in [1.29, 1.82) is 0 Å². The van der Waals surface area contributed by atoms with Crippen LogP contribution in [0.3, 0.4) is 0 Å². The molecule has 0 fully saturated rings. The number of aromatic carboxylic acids is 1. The first-order chi connectivity index (χ1) is 12.1. The molecule has 0 aliphatic carbocycles. The summed E-state index contributed by atoms with van der Waals surface area (Å²) in [7, 11) is 0. The molecule has 0 spiro atoms. The number of carbonyl (C=O) groups is 1. The Morgan fingerprint density at radius 2 is 2.04 bits per heavy atom. The van der Waals surface area contributed by atoms with Gasteiger partial charge in [0, 0.05) is 6.54 Å². The maximum absolute atomic E-state index is 12.6. The minimum atomic E-state index is -1.02. The van der Waals surface area contributed by atoms with E-state index < -0.39 is 5.97 Å². The molecule has 0 radical (unpaired) electrons. The van der Waals surface area contributed by atoms with Crippen molar-refractivity contribution in [3.8, 4) is 5.75 Å². The highest BCUT2D eigenvalue weighted by Crippen LogP contribution is 2.26. The molecule has 1 aromatic carbocycles. The molecule has 0 unspecified atom stereocenters. The first-order valence-electron chi connectivity index (χ1n) is 7.97. The van der Waals surface area contributed by atoms with Crippen molar-refractivity contribution in [2.24, 2.45) is 0 Å². The fraction of sp³-hybridized carbons (Fsp3) is 0.278. The molecule has 0 amide bonds. The Kier molecular flexibility index (Phi) is 5.14. The minimum absolute atomic E-state index is 0.175. The van der Waals surface area contributed by atoms with Crippen molar-refractivity contribution in [2.45, 2.75) is 26.3 Å². The molecule has 3 rings (SSSR count). The molecule has 0 saturated carbocycles. The van der Waals surface area contributed by atoms with E-state index in [2.05, 4.69) is 4.98 Å². The van der Waals surface area contributed by atoms with E-state index in [4.69, 9.17) is 4.74 Å². The van der Waals surface area contributed by atoms with Gasteiger partial charge in [0.25, 0.3) is 5.56 Å². The number of aryl methyl sites for hydroxylation is 2. The van der Waals surface area contributed by atoms with E-state index >= 15 is 0 Å². The maximum Gasteiger partial charge on any atom is 0.346 e. The molecule has 0 atom stereocenters. The lowest BCUT2D eigenvalue weighted by molar-refractivity contribution is 0.0701. The minimum Gasteiger partial charge on any atom is -0.494 e. The van der Waals surface area contributed by atoms with Gasteiger partial charge in [0.15, 0.2) is 0 Å². The molecule has 6 nitrogen and oxygen atoms in total. The number of hydrogen-bond donors (Lipinski definition) is 1. The molecule has 0 aliphatic rings. The number of nitrogens with zero attached hydrogens (tertiary/aromatic N) is 2. The van der Waals surface area contributed by atoms with Crippen molar-refractivity contribution in [3.63, 3.8) is 0 Å². The smallest absolute Gasteiger partial charge is 0.346 e. The van der Waals surface area contributed by atoms with Crippen molar-refractivity contribution in [2.75, 3.05) is 6.61 Å². The van der Waals surface area contributed by atoms with Crippen LogP contribution in [0.5, 0.6) is 5.75 Å². The van der Waals surface area contributed by atoms with Crippen molar-refractivity contribution >= 4 is 27.5 Å². The fourth-order valence-corrected chi connectivity index (χ4v) is 3.59. The lowest BCUT2D eigenvalue weighted by atomic mass is 10.2. The second kappa shape index (κ2) is 7.48. The maximum atomic E-state index is 12.6. The first-order valence-corrected chi connectivity index (χ1v) is 8.79. The number of hydrogen-bond acceptors (Lipinski definition) is 5. The highest BCUT2D eigenvalue weighted by atomic mass is 32.1. The number of benzene rings is 1. The zero-order valence-electron chi connectivity index (χ0n) is 13.8. The SMILES string of the molecule is Cc1c(C(=O)O)sc2ncn(CCCCOc3ccccc3)c(=O)c12. The lowest BCUT2D eigenvalue weighted by Gasteiger charge is -2.07. The summed E-state index contributed by atoms with van der Waals surface area (Å²) in [4.78, 5) is 28.7. The van der Waals surface area contributed by atoms with E-state index in [1.807, 2.05) is 30.3 Å². The van der Waals surface area contributed by atoms with Gasteiger partial charge in [-0.25, -0.2) is 9.78 Å². The van der Waals surface area contributed by atoms with E-state index in [-0.39, 0.29) is 10.4 Å². The van der Waals surface area contributed by atoms with Crippen molar-refractivity contribution < 1.29 is 14.6 Å². The van der Waals surface area contributed by atoms with Gasteiger partial charge >= 0.3 is 5.97 Å². The standard InChI is InChI=1S/C18H18N2O4S/c1-12-14-16(25-15(12)18(22)23)19-11-20(17(14)21)9-5-6-10-24-13-7-3-2-4-8-13/h2-4,7-8,11H,5-6,9-10H2,1H3,(H,22,23). The molecule has 2 aromatic heterocycles. The molecule has 7 heteroatoms. The zero-order valence-corrected chi connectivity index (χ0v) is 14.6. The van der Waals surface area contributed by atoms with Crippen LogP contribution in [0.15, 0.2) is 41.5 Å². The molecular formula is C18H18N2O4S. The summed E-state index contributed by atoms with van der Waals surface area (Å²) in [5, 5.41) is 9.59. The molecule has 2 heterocycles. The third-order valence-corrected chi connectivity index (χ3v) is 5.10. The number of fused-ring (bicyclic) bond motifs is 1. The summed E-state index contributed by atoms with van der Waals surface area (Å²) in [5.74, 6) is -0.192. The summed E-state index contributed by atoms with van der Waals surface area (Å²) < 4.78 is 7.16. The molecule has 3 aromatic rings. The monoisotopic (exact) mass is 358 g/mol. The van der Waals surface area contributed by atoms with Crippen LogP contribution in [0, 0.1) is 6.92 Å². The van der Waals surface area contributed by atoms with Crippen LogP contribution < -0.4 is 10.3 Å². The van der Waals surface area contributed by atoms with Gasteiger partial charge in [-0.05, 0) is 37.5 Å². The Balaban J connectivity index is 1.64. The number of unbranched alkanes of at least 4 members (excludes halogenated alkanes) is 1. The van der Waals surface area contributed by atoms with Crippen LogP contribution in [0.1, 0.15) is 28.1 Å². The fourth-order valence-electron chi connectivity index (χ4n) is 2.61. The highest BCUT2D eigenvalue weighted by molar-refractivity contribution is 7.20. The molecule has 25 heavy (non-hydrogen) atoms. The Morgan fingerprint density at radius 1 is 1.28 bits per heavy atom. The topological polar surface area (TPSA) is 81.4 Å². The van der Waals surface area contributed by atoms with E-state index in [0.717, 1.165) is 29.9 Å². The van der Waals surface area contributed by atoms with Crippen LogP contribution in [0.2, 0.25) is 0 Å². The molecular weight excluding hydrogens is 340 g/mol. The van der Waals surface area contributed by atoms with Crippen molar-refractivity contribution in [3.05, 3.63) is 57.5 Å². The summed E-state index contributed by atoms with van der Waals surface area (Å²) in [6.07, 6.45) is 3.07. The largest absolute Gasteiger partial charge is 0.494 e. The number of ether oxygens (including phenoxy) is 1. The van der Waals surface area contributed by atoms with Gasteiger partial charge in [-0.2, -0.15) is 0 Å². The summed E-state index contributed by atoms with van der Waals surface area (Å²) in [6.45, 7) is 2.76. The molecule has 130 valence electrons. The van der Waals surface area contributed by atoms with E-state index in [1.54, 1.807) is 6.92 Å². The molecule has 0 saturated heterocycles. The Labute approximate surface area is 148 Å². The number of aromatic nitrogens is 2. The Morgan fingerprint density at radius 3 is 2.76 bits per heavy atom. The quantitative estimate of drug-likeness (QED) is 0.655. The second-order valence-electron chi connectivity index (χ2n) is 5.65. The Hall–Kier alpha value is -2.67. The van der Waals surface area contributed by atoms with E-state index in [9.17, 15) is 14.7 Å². The van der Waals surface area contributed by atoms with Crippen LogP contribution in [0.4, 0.5) is 0 Å². The highest BCUT2D eigenvalue weighted by Gasteiger charge is 2.18. The predicted molar refractivity (Wildman–Crippen MR) is 96.7 cm³/mol. The van der Waals surface area contributed by atoms with Gasteiger partial charge in [-0.15, -0.1) is 11.3 Å². The average Bonchev–Trinajstić information content (AvgIpc) is 2.95. The van der Waals surface area contributed by atoms with E-state index in [1.165, 1.54) is 10.9 Å². The third-order valence-electron chi connectivity index (χ3n) is 3.92. The van der Waals surface area contributed by atoms with Crippen LogP contribution in [-0.4, -0.2) is 27.2 Å². The number of carboxylic acid groups (broad SMARTS) is 1. The van der Waals surface area contributed by atoms with Gasteiger partial charge in [-0.3, -0.25) is 9.36 Å². The summed E-state index contributed by atoms with van der Waals surface area (Å²) >= 11 is 1.04. The van der Waals surface area contributed by atoms with Gasteiger partial charge < -0.3 is 9.84 Å². The number of carboxylic acids is 1. The summed E-state index contributed by atoms with van der Waals surface area (Å²) in [6, 6.07) is 9.59. The molecule has 0 bridgehead atoms. The van der Waals surface area contributed by atoms with Crippen molar-refractivity contribution in [1.82, 2.24) is 9.55 Å². The van der Waals surface area contributed by atoms with Gasteiger partial charge in [0.05, 0.1) is 18.3 Å². The molecule has 0 aliphatic heterocycles. The first kappa shape index (κ1) is 17.2. The Bertz CT molecular complexity index is 947.